The highest BCUT2D eigenvalue weighted by Gasteiger charge is 2.07. The first-order valence-electron chi connectivity index (χ1n) is 5.93. The van der Waals surface area contributed by atoms with Crippen LogP contribution in [0.5, 0.6) is 0 Å². The Balaban J connectivity index is 2.05. The topological polar surface area (TPSA) is 34.9 Å². The lowest BCUT2D eigenvalue weighted by atomic mass is 10.2. The Morgan fingerprint density at radius 1 is 1.33 bits per heavy atom. The minimum atomic E-state index is 0.0609. The summed E-state index contributed by atoms with van der Waals surface area (Å²) in [6, 6.07) is 10.1. The predicted molar refractivity (Wildman–Crippen MR) is 72.4 cm³/mol. The predicted octanol–water partition coefficient (Wildman–Crippen LogP) is 3.11. The largest absolute Gasteiger partial charge is 0.294 e. The van der Waals surface area contributed by atoms with Crippen LogP contribution in [-0.2, 0) is 6.54 Å². The number of nitrogens with zero attached hydrogens (tertiary/aromatic N) is 2. The van der Waals surface area contributed by atoms with Gasteiger partial charge in [0.1, 0.15) is 0 Å². The molecule has 2 rings (SSSR count). The van der Waals surface area contributed by atoms with Crippen LogP contribution in [0.1, 0.15) is 28.5 Å². The molecule has 92 valence electrons. The van der Waals surface area contributed by atoms with E-state index in [0.717, 1.165) is 11.3 Å². The van der Waals surface area contributed by atoms with Crippen molar-refractivity contribution in [3.8, 4) is 0 Å². The van der Waals surface area contributed by atoms with Gasteiger partial charge in [0, 0.05) is 6.20 Å². The third-order valence-electron chi connectivity index (χ3n) is 2.73. The fourth-order valence-electron chi connectivity index (χ4n) is 1.82. The van der Waals surface area contributed by atoms with Gasteiger partial charge in [-0.25, -0.2) is 0 Å². The van der Waals surface area contributed by atoms with Crippen molar-refractivity contribution in [2.75, 3.05) is 0 Å². The van der Waals surface area contributed by atoms with E-state index in [2.05, 4.69) is 5.10 Å². The highest BCUT2D eigenvalue weighted by atomic mass is 16.1. The van der Waals surface area contributed by atoms with E-state index < -0.39 is 0 Å². The van der Waals surface area contributed by atoms with Crippen LogP contribution in [0.3, 0.4) is 0 Å². The molecule has 0 atom stereocenters. The van der Waals surface area contributed by atoms with E-state index in [1.165, 1.54) is 0 Å². The summed E-state index contributed by atoms with van der Waals surface area (Å²) >= 11 is 0. The number of ketones is 1. The van der Waals surface area contributed by atoms with E-state index in [1.807, 2.05) is 49.4 Å². The normalized spacial score (nSPS) is 11.0. The Morgan fingerprint density at radius 2 is 2.06 bits per heavy atom. The summed E-state index contributed by atoms with van der Waals surface area (Å²) < 4.78 is 1.78. The summed E-state index contributed by atoms with van der Waals surface area (Å²) in [4.78, 5) is 11.3. The zero-order valence-electron chi connectivity index (χ0n) is 10.6. The van der Waals surface area contributed by atoms with Gasteiger partial charge in [0.15, 0.2) is 5.78 Å². The van der Waals surface area contributed by atoms with Crippen molar-refractivity contribution in [3.63, 3.8) is 0 Å². The van der Waals surface area contributed by atoms with Crippen molar-refractivity contribution < 1.29 is 4.79 Å². The number of hydrogen-bond acceptors (Lipinski definition) is 2. The molecule has 0 radical (unpaired) electrons. The quantitative estimate of drug-likeness (QED) is 0.770. The van der Waals surface area contributed by atoms with E-state index in [9.17, 15) is 4.79 Å². The Kier molecular flexibility index (Phi) is 3.72. The van der Waals surface area contributed by atoms with E-state index >= 15 is 0 Å². The smallest absolute Gasteiger partial charge is 0.163 e. The molecule has 0 fully saturated rings. The minimum Gasteiger partial charge on any atom is -0.294 e. The van der Waals surface area contributed by atoms with Crippen LogP contribution in [-0.4, -0.2) is 15.6 Å². The average molecular weight is 240 g/mol. The van der Waals surface area contributed by atoms with Crippen LogP contribution in [0.2, 0.25) is 0 Å². The Morgan fingerprint density at radius 3 is 2.67 bits per heavy atom. The summed E-state index contributed by atoms with van der Waals surface area (Å²) in [5.41, 5.74) is 2.65. The highest BCUT2D eigenvalue weighted by Crippen LogP contribution is 2.07. The van der Waals surface area contributed by atoms with Gasteiger partial charge in [-0.2, -0.15) is 5.10 Å². The van der Waals surface area contributed by atoms with E-state index in [-0.39, 0.29) is 5.78 Å². The van der Waals surface area contributed by atoms with Crippen LogP contribution in [0.4, 0.5) is 0 Å². The standard InChI is InChI=1S/C15H16N2O/c1-12-15(13(2)18)11-17(16-12)10-6-9-14-7-4-3-5-8-14/h3-9,11H,10H2,1-2H3. The SMILES string of the molecule is CC(=O)c1cn(CC=Cc2ccccc2)nc1C. The Bertz CT molecular complexity index is 567. The molecule has 2 aromatic rings. The van der Waals surface area contributed by atoms with Gasteiger partial charge < -0.3 is 0 Å². The number of carbonyl (C=O) groups excluding carboxylic acids is 1. The number of hydrogen-bond donors (Lipinski definition) is 0. The molecule has 0 bridgehead atoms. The first-order valence-corrected chi connectivity index (χ1v) is 5.93. The van der Waals surface area contributed by atoms with Crippen molar-refractivity contribution in [3.05, 3.63) is 59.4 Å². The van der Waals surface area contributed by atoms with Crippen LogP contribution < -0.4 is 0 Å². The number of carbonyl (C=O) groups is 1. The van der Waals surface area contributed by atoms with Gasteiger partial charge in [-0.1, -0.05) is 42.5 Å². The second kappa shape index (κ2) is 5.45. The van der Waals surface area contributed by atoms with Crippen LogP contribution in [0, 0.1) is 6.92 Å². The van der Waals surface area contributed by atoms with Crippen molar-refractivity contribution in [2.45, 2.75) is 20.4 Å². The van der Waals surface area contributed by atoms with E-state index in [4.69, 9.17) is 0 Å². The fourth-order valence-corrected chi connectivity index (χ4v) is 1.82. The number of Topliss-reactive ketones (excluding diaryl/α,β-unsaturated/α-hetero) is 1. The number of aryl methyl sites for hydroxylation is 1. The van der Waals surface area contributed by atoms with Crippen LogP contribution in [0.15, 0.2) is 42.6 Å². The summed E-state index contributed by atoms with van der Waals surface area (Å²) in [5, 5.41) is 4.31. The van der Waals surface area contributed by atoms with Crippen molar-refractivity contribution >= 4 is 11.9 Å². The van der Waals surface area contributed by atoms with E-state index in [1.54, 1.807) is 17.8 Å². The van der Waals surface area contributed by atoms with Crippen LogP contribution in [0.25, 0.3) is 6.08 Å². The molecule has 0 aliphatic heterocycles. The second-order valence-corrected chi connectivity index (χ2v) is 4.22. The zero-order valence-corrected chi connectivity index (χ0v) is 10.6. The van der Waals surface area contributed by atoms with Crippen molar-refractivity contribution in [1.82, 2.24) is 9.78 Å². The summed E-state index contributed by atoms with van der Waals surface area (Å²) in [5.74, 6) is 0.0609. The molecule has 0 aliphatic rings. The Hall–Kier alpha value is -2.16. The monoisotopic (exact) mass is 240 g/mol. The molecule has 3 heteroatoms. The summed E-state index contributed by atoms with van der Waals surface area (Å²) in [6.45, 7) is 4.09. The molecule has 0 saturated carbocycles. The molecule has 1 aromatic carbocycles. The molecule has 1 heterocycles. The fraction of sp³-hybridized carbons (Fsp3) is 0.200. The maximum Gasteiger partial charge on any atom is 0.163 e. The van der Waals surface area contributed by atoms with Gasteiger partial charge >= 0.3 is 0 Å². The molecule has 18 heavy (non-hydrogen) atoms. The van der Waals surface area contributed by atoms with Gasteiger partial charge in [-0.05, 0) is 19.4 Å². The molecule has 0 aliphatic carbocycles. The maximum absolute atomic E-state index is 11.3. The average Bonchev–Trinajstić information content (AvgIpc) is 2.72. The third-order valence-corrected chi connectivity index (χ3v) is 2.73. The highest BCUT2D eigenvalue weighted by molar-refractivity contribution is 5.94. The maximum atomic E-state index is 11.3. The lowest BCUT2D eigenvalue weighted by molar-refractivity contribution is 0.101. The molecule has 0 spiro atoms. The number of rotatable bonds is 4. The molecule has 3 nitrogen and oxygen atoms in total. The molecule has 0 saturated heterocycles. The third kappa shape index (κ3) is 2.94. The first-order chi connectivity index (χ1) is 8.66. The molecule has 0 N–H and O–H groups in total. The molecular weight excluding hydrogens is 224 g/mol. The van der Waals surface area contributed by atoms with E-state index in [0.29, 0.717) is 12.1 Å². The molecule has 1 aromatic heterocycles. The van der Waals surface area contributed by atoms with Crippen LogP contribution >= 0.6 is 0 Å². The van der Waals surface area contributed by atoms with Gasteiger partial charge in [-0.15, -0.1) is 0 Å². The summed E-state index contributed by atoms with van der Waals surface area (Å²) in [6.07, 6.45) is 5.88. The second-order valence-electron chi connectivity index (χ2n) is 4.22. The number of benzene rings is 1. The van der Waals surface area contributed by atoms with Gasteiger partial charge in [-0.3, -0.25) is 9.48 Å². The summed E-state index contributed by atoms with van der Waals surface area (Å²) in [7, 11) is 0. The molecule has 0 unspecified atom stereocenters. The van der Waals surface area contributed by atoms with Gasteiger partial charge in [0.25, 0.3) is 0 Å². The lowest BCUT2D eigenvalue weighted by Gasteiger charge is -1.95. The first kappa shape index (κ1) is 12.3. The number of allylic oxidation sites excluding steroid dienone is 1. The lowest BCUT2D eigenvalue weighted by Crippen LogP contribution is -1.95. The number of aromatic nitrogens is 2. The zero-order chi connectivity index (χ0) is 13.0. The van der Waals surface area contributed by atoms with Crippen molar-refractivity contribution in [2.24, 2.45) is 0 Å². The van der Waals surface area contributed by atoms with Gasteiger partial charge in [0.05, 0.1) is 17.8 Å². The van der Waals surface area contributed by atoms with Gasteiger partial charge in [0.2, 0.25) is 0 Å². The molecule has 0 amide bonds. The minimum absolute atomic E-state index is 0.0609. The molecular formula is C15H16N2O. The Labute approximate surface area is 107 Å². The van der Waals surface area contributed by atoms with Crippen molar-refractivity contribution in [1.29, 1.82) is 0 Å².